The maximum atomic E-state index is 2.46. The van der Waals surface area contributed by atoms with Crippen LogP contribution in [0.15, 0.2) is 200 Å². The molecule has 0 atom stereocenters. The van der Waals surface area contributed by atoms with Gasteiger partial charge in [0.2, 0.25) is 0 Å². The van der Waals surface area contributed by atoms with Gasteiger partial charge in [0.15, 0.2) is 0 Å². The van der Waals surface area contributed by atoms with Crippen LogP contribution in [0.1, 0.15) is 0 Å². The molecule has 0 saturated carbocycles. The van der Waals surface area contributed by atoms with E-state index in [1.165, 1.54) is 70.4 Å². The molecule has 0 radical (unpaired) electrons. The number of fused-ring (bicyclic) bond motifs is 3. The van der Waals surface area contributed by atoms with Crippen molar-refractivity contribution in [3.63, 3.8) is 0 Å². The summed E-state index contributed by atoms with van der Waals surface area (Å²) < 4.78 is 2.58. The highest BCUT2D eigenvalue weighted by Crippen LogP contribution is 2.48. The summed E-state index contributed by atoms with van der Waals surface area (Å²) >= 11 is 1.86. The molecule has 0 saturated heterocycles. The third-order valence-corrected chi connectivity index (χ3v) is 10.6. The van der Waals surface area contributed by atoms with Crippen LogP contribution in [-0.4, -0.2) is 0 Å². The molecule has 1 heterocycles. The van der Waals surface area contributed by atoms with Crippen LogP contribution < -0.4 is 4.90 Å². The molecule has 9 aromatic rings. The number of thiophene rings is 1. The molecule has 0 fully saturated rings. The highest BCUT2D eigenvalue weighted by atomic mass is 32.1. The number of nitrogens with zero attached hydrogens (tertiary/aromatic N) is 1. The lowest BCUT2D eigenvalue weighted by Gasteiger charge is -2.29. The van der Waals surface area contributed by atoms with E-state index >= 15 is 0 Å². The van der Waals surface area contributed by atoms with E-state index in [2.05, 4.69) is 205 Å². The van der Waals surface area contributed by atoms with E-state index in [0.29, 0.717) is 0 Å². The summed E-state index contributed by atoms with van der Waals surface area (Å²) in [4.78, 5) is 2.46. The first kappa shape index (κ1) is 29.9. The quantitative estimate of drug-likeness (QED) is 0.165. The van der Waals surface area contributed by atoms with Crippen LogP contribution in [0.2, 0.25) is 0 Å². The van der Waals surface area contributed by atoms with E-state index in [9.17, 15) is 0 Å². The number of benzene rings is 8. The summed E-state index contributed by atoms with van der Waals surface area (Å²) in [6, 6.07) is 72.4. The second-order valence-corrected chi connectivity index (χ2v) is 13.6. The maximum Gasteiger partial charge on any atom is 0.0555 e. The molecule has 1 nitrogen and oxygen atoms in total. The van der Waals surface area contributed by atoms with Crippen LogP contribution in [-0.2, 0) is 0 Å². The Morgan fingerprint density at radius 2 is 0.800 bits per heavy atom. The molecule has 236 valence electrons. The Balaban J connectivity index is 1.25. The minimum atomic E-state index is 1.12. The zero-order chi connectivity index (χ0) is 33.3. The van der Waals surface area contributed by atoms with E-state index in [1.54, 1.807) is 0 Å². The number of anilines is 3. The van der Waals surface area contributed by atoms with Crippen LogP contribution in [0.3, 0.4) is 0 Å². The van der Waals surface area contributed by atoms with Crippen molar-refractivity contribution in [1.29, 1.82) is 0 Å². The number of rotatable bonds is 7. The average Bonchev–Trinajstić information content (AvgIpc) is 3.59. The van der Waals surface area contributed by atoms with Gasteiger partial charge in [-0.05, 0) is 81.4 Å². The van der Waals surface area contributed by atoms with Crippen LogP contribution >= 0.6 is 11.3 Å². The molecule has 9 rings (SSSR count). The monoisotopic (exact) mass is 655 g/mol. The van der Waals surface area contributed by atoms with Crippen molar-refractivity contribution in [2.45, 2.75) is 0 Å². The zero-order valence-electron chi connectivity index (χ0n) is 27.4. The molecule has 0 aliphatic heterocycles. The van der Waals surface area contributed by atoms with Gasteiger partial charge in [-0.2, -0.15) is 0 Å². The fourth-order valence-corrected chi connectivity index (χ4v) is 8.16. The molecule has 50 heavy (non-hydrogen) atoms. The smallest absolute Gasteiger partial charge is 0.0555 e. The standard InChI is InChI=1S/C48H33NS/c1-4-13-34(14-5-1)36-23-25-38(26-24-36)40-29-32-44(43(33-40)39-17-8-3-9-18-39)49(41-30-27-37(28-31-41)35-15-6-2-7-16-35)45-20-12-22-47-48(45)42-19-10-11-21-46(42)50-47/h1-33H. The lowest BCUT2D eigenvalue weighted by molar-refractivity contribution is 1.30. The second-order valence-electron chi connectivity index (χ2n) is 12.5. The van der Waals surface area contributed by atoms with Crippen molar-refractivity contribution in [3.05, 3.63) is 200 Å². The van der Waals surface area contributed by atoms with Gasteiger partial charge in [-0.1, -0.05) is 158 Å². The molecule has 0 spiro atoms. The summed E-state index contributed by atoms with van der Waals surface area (Å²) in [7, 11) is 0. The number of hydrogen-bond donors (Lipinski definition) is 0. The third kappa shape index (κ3) is 5.56. The van der Waals surface area contributed by atoms with E-state index in [4.69, 9.17) is 0 Å². The summed E-state index contributed by atoms with van der Waals surface area (Å²) in [6.45, 7) is 0. The minimum absolute atomic E-state index is 1.12. The van der Waals surface area contributed by atoms with Gasteiger partial charge in [0, 0.05) is 31.4 Å². The van der Waals surface area contributed by atoms with Gasteiger partial charge < -0.3 is 4.90 Å². The summed E-state index contributed by atoms with van der Waals surface area (Å²) in [6.07, 6.45) is 0. The zero-order valence-corrected chi connectivity index (χ0v) is 28.2. The van der Waals surface area contributed by atoms with Crippen LogP contribution in [0.4, 0.5) is 17.1 Å². The van der Waals surface area contributed by atoms with Crippen molar-refractivity contribution in [1.82, 2.24) is 0 Å². The van der Waals surface area contributed by atoms with Crippen LogP contribution in [0.5, 0.6) is 0 Å². The maximum absolute atomic E-state index is 2.46. The average molecular weight is 656 g/mol. The van der Waals surface area contributed by atoms with E-state index in [0.717, 1.165) is 11.4 Å². The van der Waals surface area contributed by atoms with Crippen LogP contribution in [0.25, 0.3) is 64.7 Å². The Labute approximate surface area is 297 Å². The Kier molecular flexibility index (Phi) is 7.77. The molecule has 8 aromatic carbocycles. The second kappa shape index (κ2) is 13.0. The van der Waals surface area contributed by atoms with Crippen LogP contribution in [0, 0.1) is 0 Å². The normalized spacial score (nSPS) is 11.2. The Morgan fingerprint density at radius 3 is 1.44 bits per heavy atom. The van der Waals surface area contributed by atoms with Gasteiger partial charge in [0.05, 0.1) is 11.4 Å². The predicted molar refractivity (Wildman–Crippen MR) is 216 cm³/mol. The summed E-state index contributed by atoms with van der Waals surface area (Å²) in [5, 5.41) is 2.56. The van der Waals surface area contributed by atoms with Crippen molar-refractivity contribution < 1.29 is 0 Å². The Morgan fingerprint density at radius 1 is 0.320 bits per heavy atom. The molecule has 0 N–H and O–H groups in total. The van der Waals surface area contributed by atoms with Crippen molar-refractivity contribution in [2.24, 2.45) is 0 Å². The Bertz CT molecular complexity index is 2550. The van der Waals surface area contributed by atoms with Gasteiger partial charge in [-0.25, -0.2) is 0 Å². The summed E-state index contributed by atoms with van der Waals surface area (Å²) in [5.74, 6) is 0. The molecular formula is C48H33NS. The number of hydrogen-bond acceptors (Lipinski definition) is 2. The molecule has 0 amide bonds. The van der Waals surface area contributed by atoms with Gasteiger partial charge in [-0.15, -0.1) is 11.3 Å². The van der Waals surface area contributed by atoms with E-state index in [1.807, 2.05) is 11.3 Å². The lowest BCUT2D eigenvalue weighted by Crippen LogP contribution is -2.11. The summed E-state index contributed by atoms with van der Waals surface area (Å²) in [5.41, 5.74) is 13.0. The van der Waals surface area contributed by atoms with Gasteiger partial charge >= 0.3 is 0 Å². The molecule has 1 aromatic heterocycles. The van der Waals surface area contributed by atoms with E-state index < -0.39 is 0 Å². The largest absolute Gasteiger partial charge is 0.309 e. The lowest BCUT2D eigenvalue weighted by atomic mass is 9.94. The third-order valence-electron chi connectivity index (χ3n) is 9.50. The van der Waals surface area contributed by atoms with Gasteiger partial charge in [0.25, 0.3) is 0 Å². The fraction of sp³-hybridized carbons (Fsp3) is 0. The van der Waals surface area contributed by atoms with Crippen molar-refractivity contribution in [3.8, 4) is 44.5 Å². The molecule has 0 bridgehead atoms. The first-order valence-electron chi connectivity index (χ1n) is 17.0. The minimum Gasteiger partial charge on any atom is -0.309 e. The highest BCUT2D eigenvalue weighted by Gasteiger charge is 2.22. The molecular weight excluding hydrogens is 623 g/mol. The van der Waals surface area contributed by atoms with Gasteiger partial charge in [-0.3, -0.25) is 0 Å². The highest BCUT2D eigenvalue weighted by molar-refractivity contribution is 7.26. The first-order chi connectivity index (χ1) is 24.8. The van der Waals surface area contributed by atoms with Crippen molar-refractivity contribution >= 4 is 48.6 Å². The topological polar surface area (TPSA) is 3.24 Å². The predicted octanol–water partition coefficient (Wildman–Crippen LogP) is 14.2. The fourth-order valence-electron chi connectivity index (χ4n) is 7.03. The first-order valence-corrected chi connectivity index (χ1v) is 17.8. The van der Waals surface area contributed by atoms with Crippen molar-refractivity contribution in [2.75, 3.05) is 4.90 Å². The Hall–Kier alpha value is -6.22. The van der Waals surface area contributed by atoms with Gasteiger partial charge in [0.1, 0.15) is 0 Å². The molecule has 0 unspecified atom stereocenters. The SMILES string of the molecule is c1ccc(-c2ccc(-c3ccc(N(c4ccc(-c5ccccc5)cc4)c4cccc5sc6ccccc6c45)c(-c4ccccc4)c3)cc2)cc1. The molecule has 0 aliphatic rings. The molecule has 2 heteroatoms. The van der Waals surface area contributed by atoms with E-state index in [-0.39, 0.29) is 0 Å². The molecule has 0 aliphatic carbocycles.